The molecule has 1 aromatic rings. The van der Waals surface area contributed by atoms with E-state index in [4.69, 9.17) is 0 Å². The Balaban J connectivity index is 3.09. The van der Waals surface area contributed by atoms with Crippen LogP contribution in [0.15, 0.2) is 19.1 Å². The third-order valence-corrected chi connectivity index (χ3v) is 1.65. The van der Waals surface area contributed by atoms with Gasteiger partial charge in [-0.15, -0.1) is 0 Å². The number of hydrogen-bond donors (Lipinski definition) is 0. The van der Waals surface area contributed by atoms with Crippen LogP contribution in [0.3, 0.4) is 0 Å². The van der Waals surface area contributed by atoms with Gasteiger partial charge in [0.1, 0.15) is 3.70 Å². The van der Waals surface area contributed by atoms with Gasteiger partial charge in [0.15, 0.2) is 0 Å². The lowest BCUT2D eigenvalue weighted by Gasteiger charge is -1.88. The topological polar surface area (TPSA) is 17.8 Å². The second-order valence-corrected chi connectivity index (χ2v) is 2.41. The number of aromatic nitrogens is 2. The first kappa shape index (κ1) is 5.81. The van der Waals surface area contributed by atoms with Crippen LogP contribution >= 0.6 is 22.6 Å². The van der Waals surface area contributed by atoms with E-state index >= 15 is 0 Å². The molecule has 8 heavy (non-hydrogen) atoms. The van der Waals surface area contributed by atoms with E-state index in [1.807, 2.05) is 4.57 Å². The number of rotatable bonds is 1. The highest BCUT2D eigenvalue weighted by Crippen LogP contribution is 2.01. The zero-order chi connectivity index (χ0) is 5.98. The fourth-order valence-corrected chi connectivity index (χ4v) is 0.905. The van der Waals surface area contributed by atoms with Crippen molar-refractivity contribution in [3.8, 4) is 0 Å². The van der Waals surface area contributed by atoms with Crippen molar-refractivity contribution in [3.63, 3.8) is 0 Å². The molecule has 1 heterocycles. The monoisotopic (exact) mass is 220 g/mol. The van der Waals surface area contributed by atoms with Gasteiger partial charge >= 0.3 is 0 Å². The minimum absolute atomic E-state index is 1.08. The van der Waals surface area contributed by atoms with Crippen LogP contribution in [-0.4, -0.2) is 9.55 Å². The Morgan fingerprint density at radius 3 is 2.88 bits per heavy atom. The molecule has 0 saturated heterocycles. The summed E-state index contributed by atoms with van der Waals surface area (Å²) < 4.78 is 2.93. The largest absolute Gasteiger partial charge is 0.302 e. The maximum Gasteiger partial charge on any atom is 0.104 e. The summed E-state index contributed by atoms with van der Waals surface area (Å²) in [6.45, 7) is 3.58. The quantitative estimate of drug-likeness (QED) is 0.657. The summed E-state index contributed by atoms with van der Waals surface area (Å²) in [6.07, 6.45) is 5.21. The summed E-state index contributed by atoms with van der Waals surface area (Å²) in [7, 11) is 0. The van der Waals surface area contributed by atoms with E-state index in [9.17, 15) is 0 Å². The van der Waals surface area contributed by atoms with Crippen molar-refractivity contribution in [2.24, 2.45) is 0 Å². The molecule has 2 nitrogen and oxygen atoms in total. The molecular formula is C5H5IN2. The van der Waals surface area contributed by atoms with Crippen molar-refractivity contribution < 1.29 is 0 Å². The highest BCUT2D eigenvalue weighted by molar-refractivity contribution is 14.1. The van der Waals surface area contributed by atoms with Crippen LogP contribution in [0.5, 0.6) is 0 Å². The highest BCUT2D eigenvalue weighted by atomic mass is 127. The van der Waals surface area contributed by atoms with Crippen LogP contribution in [-0.2, 0) is 0 Å². The standard InChI is InChI=1S/C5H5IN2/c1-2-8-4-7-3-5(8)6/h2-4H,1H2. The molecule has 0 fully saturated rings. The summed E-state index contributed by atoms with van der Waals surface area (Å²) >= 11 is 2.18. The van der Waals surface area contributed by atoms with Crippen LogP contribution in [0.4, 0.5) is 0 Å². The molecule has 0 saturated carbocycles. The number of nitrogens with zero attached hydrogens (tertiary/aromatic N) is 2. The third-order valence-electron chi connectivity index (χ3n) is 0.815. The van der Waals surface area contributed by atoms with Gasteiger partial charge in [0.05, 0.1) is 12.5 Å². The average Bonchev–Trinajstić information content (AvgIpc) is 2.14. The number of halogens is 1. The van der Waals surface area contributed by atoms with Crippen molar-refractivity contribution >= 4 is 28.8 Å². The van der Waals surface area contributed by atoms with E-state index in [0.717, 1.165) is 3.70 Å². The molecule has 0 unspecified atom stereocenters. The Morgan fingerprint density at radius 2 is 2.62 bits per heavy atom. The van der Waals surface area contributed by atoms with Crippen LogP contribution < -0.4 is 0 Å². The van der Waals surface area contributed by atoms with E-state index in [1.54, 1.807) is 18.7 Å². The Bertz CT molecular complexity index is 192. The van der Waals surface area contributed by atoms with Crippen molar-refractivity contribution in [1.82, 2.24) is 9.55 Å². The lowest BCUT2D eigenvalue weighted by atomic mass is 10.9. The molecule has 0 N–H and O–H groups in total. The van der Waals surface area contributed by atoms with Gasteiger partial charge in [-0.2, -0.15) is 0 Å². The molecule has 0 atom stereocenters. The number of imidazole rings is 1. The van der Waals surface area contributed by atoms with Crippen LogP contribution in [0.25, 0.3) is 6.20 Å². The minimum Gasteiger partial charge on any atom is -0.302 e. The summed E-state index contributed by atoms with van der Waals surface area (Å²) in [5.74, 6) is 0. The van der Waals surface area contributed by atoms with Gasteiger partial charge in [0, 0.05) is 6.20 Å². The molecule has 0 bridgehead atoms. The molecule has 0 spiro atoms. The molecule has 3 heteroatoms. The minimum atomic E-state index is 1.08. The van der Waals surface area contributed by atoms with Crippen molar-refractivity contribution in [2.45, 2.75) is 0 Å². The van der Waals surface area contributed by atoms with E-state index in [2.05, 4.69) is 34.2 Å². The molecule has 0 aliphatic carbocycles. The summed E-state index contributed by atoms with van der Waals surface area (Å²) in [5.41, 5.74) is 0. The van der Waals surface area contributed by atoms with Gasteiger partial charge in [-0.3, -0.25) is 0 Å². The molecule has 0 aliphatic rings. The van der Waals surface area contributed by atoms with Gasteiger partial charge in [0.25, 0.3) is 0 Å². The maximum atomic E-state index is 3.88. The number of hydrogen-bond acceptors (Lipinski definition) is 1. The lowest BCUT2D eigenvalue weighted by Crippen LogP contribution is -1.82. The zero-order valence-electron chi connectivity index (χ0n) is 4.21. The zero-order valence-corrected chi connectivity index (χ0v) is 6.37. The SMILES string of the molecule is C=Cn1cncc1I. The smallest absolute Gasteiger partial charge is 0.104 e. The summed E-state index contributed by atoms with van der Waals surface area (Å²) in [4.78, 5) is 3.88. The molecule has 0 aromatic carbocycles. The average molecular weight is 220 g/mol. The van der Waals surface area contributed by atoms with Gasteiger partial charge < -0.3 is 4.57 Å². The second kappa shape index (κ2) is 2.30. The highest BCUT2D eigenvalue weighted by Gasteiger charge is 1.88. The normalized spacial score (nSPS) is 9.12. The van der Waals surface area contributed by atoms with Crippen LogP contribution in [0.2, 0.25) is 0 Å². The summed E-state index contributed by atoms with van der Waals surface area (Å²) in [5, 5.41) is 0. The molecule has 0 aliphatic heterocycles. The molecule has 1 aromatic heterocycles. The van der Waals surface area contributed by atoms with Gasteiger partial charge in [-0.1, -0.05) is 6.58 Å². The molecule has 1 rings (SSSR count). The molecule has 0 amide bonds. The Hall–Kier alpha value is -0.320. The predicted molar refractivity (Wildman–Crippen MR) is 41.3 cm³/mol. The summed E-state index contributed by atoms with van der Waals surface area (Å²) in [6, 6.07) is 0. The van der Waals surface area contributed by atoms with E-state index in [0.29, 0.717) is 0 Å². The Kier molecular flexibility index (Phi) is 1.67. The fraction of sp³-hybridized carbons (Fsp3) is 0. The molecule has 42 valence electrons. The molecular weight excluding hydrogens is 215 g/mol. The van der Waals surface area contributed by atoms with Gasteiger partial charge in [0.2, 0.25) is 0 Å². The van der Waals surface area contributed by atoms with E-state index in [1.165, 1.54) is 0 Å². The third kappa shape index (κ3) is 0.912. The first-order chi connectivity index (χ1) is 3.84. The van der Waals surface area contributed by atoms with Crippen LogP contribution in [0, 0.1) is 3.70 Å². The van der Waals surface area contributed by atoms with Crippen molar-refractivity contribution in [3.05, 3.63) is 22.8 Å². The Morgan fingerprint density at radius 1 is 1.88 bits per heavy atom. The van der Waals surface area contributed by atoms with Crippen molar-refractivity contribution in [2.75, 3.05) is 0 Å². The maximum absolute atomic E-state index is 3.88. The lowest BCUT2D eigenvalue weighted by molar-refractivity contribution is 1.11. The second-order valence-electron chi connectivity index (χ2n) is 1.31. The Labute approximate surface area is 61.4 Å². The fourth-order valence-electron chi connectivity index (χ4n) is 0.423. The predicted octanol–water partition coefficient (Wildman–Crippen LogP) is 1.59. The first-order valence-electron chi connectivity index (χ1n) is 2.14. The first-order valence-corrected chi connectivity index (χ1v) is 3.22. The van der Waals surface area contributed by atoms with Crippen molar-refractivity contribution in [1.29, 1.82) is 0 Å². The molecule has 0 radical (unpaired) electrons. The van der Waals surface area contributed by atoms with Gasteiger partial charge in [-0.25, -0.2) is 4.98 Å². The van der Waals surface area contributed by atoms with Crippen LogP contribution in [0.1, 0.15) is 0 Å². The van der Waals surface area contributed by atoms with E-state index in [-0.39, 0.29) is 0 Å². The van der Waals surface area contributed by atoms with E-state index < -0.39 is 0 Å². The van der Waals surface area contributed by atoms with Gasteiger partial charge in [-0.05, 0) is 22.6 Å².